The number of ether oxygens (including phenoxy) is 1. The molecule has 7 nitrogen and oxygen atoms in total. The molecule has 0 aliphatic heterocycles. The van der Waals surface area contributed by atoms with Gasteiger partial charge in [-0.15, -0.1) is 0 Å². The number of aromatic nitrogens is 2. The number of rotatable bonds is 8. The number of aliphatic hydroxyl groups is 1. The highest BCUT2D eigenvalue weighted by Gasteiger charge is 2.14. The highest BCUT2D eigenvalue weighted by Crippen LogP contribution is 1.99. The first kappa shape index (κ1) is 14.6. The van der Waals surface area contributed by atoms with Crippen LogP contribution in [0.1, 0.15) is 16.9 Å². The molecule has 0 saturated carbocycles. The summed E-state index contributed by atoms with van der Waals surface area (Å²) in [6.45, 7) is 1.46. The van der Waals surface area contributed by atoms with Gasteiger partial charge in [0.1, 0.15) is 5.69 Å². The molecule has 0 aliphatic rings. The van der Waals surface area contributed by atoms with Crippen LogP contribution < -0.4 is 11.1 Å². The third-order valence-electron chi connectivity index (χ3n) is 2.48. The van der Waals surface area contributed by atoms with E-state index in [1.54, 1.807) is 24.2 Å². The maximum atomic E-state index is 11.8. The summed E-state index contributed by atoms with van der Waals surface area (Å²) >= 11 is 0. The van der Waals surface area contributed by atoms with Gasteiger partial charge >= 0.3 is 0 Å². The van der Waals surface area contributed by atoms with Gasteiger partial charge in [0.05, 0.1) is 19.0 Å². The Bertz CT molecular complexity index is 367. The molecule has 0 fully saturated rings. The maximum absolute atomic E-state index is 11.8. The van der Waals surface area contributed by atoms with Crippen LogP contribution in [0.3, 0.4) is 0 Å². The van der Waals surface area contributed by atoms with E-state index in [1.165, 1.54) is 0 Å². The monoisotopic (exact) mass is 256 g/mol. The minimum Gasteiger partial charge on any atom is -0.394 e. The Hall–Kier alpha value is -1.44. The largest absolute Gasteiger partial charge is 0.394 e. The van der Waals surface area contributed by atoms with Crippen molar-refractivity contribution in [3.8, 4) is 0 Å². The molecule has 0 spiro atoms. The fraction of sp³-hybridized carbons (Fsp3) is 0.636. The van der Waals surface area contributed by atoms with Crippen molar-refractivity contribution < 1.29 is 14.6 Å². The summed E-state index contributed by atoms with van der Waals surface area (Å²) in [6.07, 6.45) is 3.75. The van der Waals surface area contributed by atoms with Crippen molar-refractivity contribution in [2.45, 2.75) is 19.0 Å². The average Bonchev–Trinajstić information content (AvgIpc) is 2.83. The summed E-state index contributed by atoms with van der Waals surface area (Å²) < 4.78 is 6.65. The predicted octanol–water partition coefficient (Wildman–Crippen LogP) is -1.03. The molecular formula is C11H20N4O3. The van der Waals surface area contributed by atoms with Crippen molar-refractivity contribution in [2.75, 3.05) is 26.9 Å². The lowest BCUT2D eigenvalue weighted by molar-refractivity contribution is 0.0890. The van der Waals surface area contributed by atoms with E-state index in [0.717, 1.165) is 0 Å². The molecule has 0 aromatic carbocycles. The molecule has 0 saturated heterocycles. The highest BCUT2D eigenvalue weighted by molar-refractivity contribution is 5.92. The van der Waals surface area contributed by atoms with E-state index in [1.807, 2.05) is 0 Å². The number of hydrogen-bond acceptors (Lipinski definition) is 5. The van der Waals surface area contributed by atoms with Gasteiger partial charge in [-0.25, -0.2) is 4.98 Å². The zero-order valence-corrected chi connectivity index (χ0v) is 10.5. The number of methoxy groups -OCH3 is 1. The van der Waals surface area contributed by atoms with Crippen molar-refractivity contribution in [3.05, 3.63) is 18.2 Å². The second kappa shape index (κ2) is 7.80. The van der Waals surface area contributed by atoms with Gasteiger partial charge in [0, 0.05) is 33.0 Å². The summed E-state index contributed by atoms with van der Waals surface area (Å²) in [4.78, 5) is 15.8. The van der Waals surface area contributed by atoms with Crippen LogP contribution >= 0.6 is 0 Å². The Balaban J connectivity index is 2.51. The zero-order chi connectivity index (χ0) is 13.4. The van der Waals surface area contributed by atoms with Crippen LogP contribution in [0.4, 0.5) is 0 Å². The molecule has 1 amide bonds. The van der Waals surface area contributed by atoms with E-state index in [-0.39, 0.29) is 18.6 Å². The van der Waals surface area contributed by atoms with Gasteiger partial charge in [-0.3, -0.25) is 4.79 Å². The maximum Gasteiger partial charge on any atom is 0.271 e. The molecule has 1 aromatic rings. The van der Waals surface area contributed by atoms with Crippen LogP contribution in [-0.2, 0) is 11.3 Å². The summed E-state index contributed by atoms with van der Waals surface area (Å²) in [5.74, 6) is -0.305. The zero-order valence-electron chi connectivity index (χ0n) is 10.5. The first-order valence-electron chi connectivity index (χ1n) is 5.83. The van der Waals surface area contributed by atoms with E-state index < -0.39 is 0 Å². The minimum atomic E-state index is -0.322. The third-order valence-corrected chi connectivity index (χ3v) is 2.48. The van der Waals surface area contributed by atoms with E-state index in [0.29, 0.717) is 31.8 Å². The Labute approximate surface area is 106 Å². The first-order valence-corrected chi connectivity index (χ1v) is 5.83. The normalized spacial score (nSPS) is 12.4. The molecular weight excluding hydrogens is 236 g/mol. The Kier molecular flexibility index (Phi) is 6.34. The number of imidazole rings is 1. The topological polar surface area (TPSA) is 102 Å². The van der Waals surface area contributed by atoms with Crippen molar-refractivity contribution in [1.29, 1.82) is 0 Å². The number of hydrogen-bond donors (Lipinski definition) is 3. The van der Waals surface area contributed by atoms with Crippen LogP contribution in [0.15, 0.2) is 12.5 Å². The molecule has 0 aliphatic carbocycles. The second-order valence-electron chi connectivity index (χ2n) is 3.92. The first-order chi connectivity index (χ1) is 8.71. The molecule has 0 bridgehead atoms. The van der Waals surface area contributed by atoms with Gasteiger partial charge in [0.25, 0.3) is 5.91 Å². The lowest BCUT2D eigenvalue weighted by atomic mass is 10.2. The second-order valence-corrected chi connectivity index (χ2v) is 3.92. The fourth-order valence-electron chi connectivity index (χ4n) is 1.48. The summed E-state index contributed by atoms with van der Waals surface area (Å²) in [6, 6.07) is -0.322. The number of carbonyl (C=O) groups excluding carboxylic acids is 1. The van der Waals surface area contributed by atoms with Gasteiger partial charge in [-0.2, -0.15) is 0 Å². The Morgan fingerprint density at radius 3 is 3.11 bits per heavy atom. The Morgan fingerprint density at radius 1 is 1.72 bits per heavy atom. The van der Waals surface area contributed by atoms with Crippen molar-refractivity contribution in [2.24, 2.45) is 5.73 Å². The van der Waals surface area contributed by atoms with Gasteiger partial charge < -0.3 is 25.5 Å². The van der Waals surface area contributed by atoms with Gasteiger partial charge in [0.2, 0.25) is 0 Å². The quantitative estimate of drug-likeness (QED) is 0.552. The van der Waals surface area contributed by atoms with Gasteiger partial charge in [-0.1, -0.05) is 0 Å². The minimum absolute atomic E-state index is 0.126. The lowest BCUT2D eigenvalue weighted by Gasteiger charge is -2.14. The number of nitrogens with zero attached hydrogens (tertiary/aromatic N) is 2. The predicted molar refractivity (Wildman–Crippen MR) is 66.1 cm³/mol. The van der Waals surface area contributed by atoms with Crippen LogP contribution in [0.2, 0.25) is 0 Å². The van der Waals surface area contributed by atoms with E-state index in [9.17, 15) is 4.79 Å². The number of aliphatic hydroxyl groups excluding tert-OH is 1. The SMILES string of the molecule is COCCC(CO)NC(=O)c1cn(CCN)cn1. The number of nitrogens with one attached hydrogen (secondary N) is 1. The highest BCUT2D eigenvalue weighted by atomic mass is 16.5. The number of amides is 1. The van der Waals surface area contributed by atoms with Crippen LogP contribution in [0.25, 0.3) is 0 Å². The molecule has 102 valence electrons. The standard InChI is InChI=1S/C11H20N4O3/c1-18-5-2-9(7-16)14-11(17)10-6-15(4-3-12)8-13-10/h6,8-9,16H,2-5,7,12H2,1H3,(H,14,17). The molecule has 1 atom stereocenters. The number of carbonyl (C=O) groups is 1. The molecule has 1 unspecified atom stereocenters. The molecule has 7 heteroatoms. The van der Waals surface area contributed by atoms with Crippen molar-refractivity contribution >= 4 is 5.91 Å². The summed E-state index contributed by atoms with van der Waals surface area (Å²) in [7, 11) is 1.57. The van der Waals surface area contributed by atoms with E-state index in [2.05, 4.69) is 10.3 Å². The summed E-state index contributed by atoms with van der Waals surface area (Å²) in [5, 5.41) is 11.8. The number of nitrogens with two attached hydrogens (primary N) is 1. The molecule has 1 heterocycles. The van der Waals surface area contributed by atoms with Gasteiger partial charge in [-0.05, 0) is 6.42 Å². The molecule has 1 rings (SSSR count). The average molecular weight is 256 g/mol. The van der Waals surface area contributed by atoms with Crippen LogP contribution in [-0.4, -0.2) is 53.5 Å². The molecule has 0 radical (unpaired) electrons. The molecule has 18 heavy (non-hydrogen) atoms. The van der Waals surface area contributed by atoms with Crippen molar-refractivity contribution in [1.82, 2.24) is 14.9 Å². The molecule has 1 aromatic heterocycles. The smallest absolute Gasteiger partial charge is 0.271 e. The van der Waals surface area contributed by atoms with Crippen LogP contribution in [0.5, 0.6) is 0 Å². The van der Waals surface area contributed by atoms with Gasteiger partial charge in [0.15, 0.2) is 0 Å². The van der Waals surface area contributed by atoms with Crippen molar-refractivity contribution in [3.63, 3.8) is 0 Å². The third kappa shape index (κ3) is 4.44. The molecule has 4 N–H and O–H groups in total. The van der Waals surface area contributed by atoms with Crippen LogP contribution in [0, 0.1) is 0 Å². The van der Waals surface area contributed by atoms with E-state index in [4.69, 9.17) is 15.6 Å². The summed E-state index contributed by atoms with van der Waals surface area (Å²) in [5.41, 5.74) is 5.73. The Morgan fingerprint density at radius 2 is 2.50 bits per heavy atom. The lowest BCUT2D eigenvalue weighted by Crippen LogP contribution is -2.38. The fourth-order valence-corrected chi connectivity index (χ4v) is 1.48. The van der Waals surface area contributed by atoms with E-state index >= 15 is 0 Å².